The van der Waals surface area contributed by atoms with Gasteiger partial charge in [-0.1, -0.05) is 18.3 Å². The largest absolute Gasteiger partial charge is 0.484 e. The Bertz CT molecular complexity index is 755. The van der Waals surface area contributed by atoms with Crippen LogP contribution in [0.1, 0.15) is 23.1 Å². The van der Waals surface area contributed by atoms with Crippen molar-refractivity contribution in [2.45, 2.75) is 25.7 Å². The van der Waals surface area contributed by atoms with E-state index in [1.54, 1.807) is 0 Å². The van der Waals surface area contributed by atoms with Crippen molar-refractivity contribution in [2.24, 2.45) is 0 Å². The lowest BCUT2D eigenvalue weighted by atomic mass is 10.1. The second-order valence-electron chi connectivity index (χ2n) is 4.93. The minimum absolute atomic E-state index is 0.0273. The van der Waals surface area contributed by atoms with Gasteiger partial charge in [-0.05, 0) is 24.6 Å². The van der Waals surface area contributed by atoms with Crippen molar-refractivity contribution in [1.82, 2.24) is 10.2 Å². The monoisotopic (exact) mass is 399 g/mol. The average Bonchev–Trinajstić information content (AvgIpc) is 2.98. The Morgan fingerprint density at radius 2 is 1.65 bits per heavy atom. The third-order valence-electron chi connectivity index (χ3n) is 2.95. The van der Waals surface area contributed by atoms with Crippen molar-refractivity contribution < 1.29 is 35.9 Å². The van der Waals surface area contributed by atoms with Crippen molar-refractivity contribution in [3.8, 4) is 5.75 Å². The molecule has 0 spiro atoms. The van der Waals surface area contributed by atoms with Crippen LogP contribution in [0.3, 0.4) is 0 Å². The van der Waals surface area contributed by atoms with E-state index < -0.39 is 41.7 Å². The summed E-state index contributed by atoms with van der Waals surface area (Å²) in [6.07, 6.45) is -9.40. The molecular weight excluding hydrogens is 388 g/mol. The normalized spacial score (nSPS) is 12.1. The molecule has 142 valence electrons. The van der Waals surface area contributed by atoms with Crippen LogP contribution in [0.15, 0.2) is 18.2 Å². The number of amides is 1. The lowest BCUT2D eigenvalue weighted by Crippen LogP contribution is -2.20. The van der Waals surface area contributed by atoms with Gasteiger partial charge in [-0.15, -0.1) is 10.2 Å². The van der Waals surface area contributed by atoms with Gasteiger partial charge in [-0.3, -0.25) is 10.1 Å². The highest BCUT2D eigenvalue weighted by Crippen LogP contribution is 2.38. The number of aromatic nitrogens is 2. The van der Waals surface area contributed by atoms with E-state index in [0.717, 1.165) is 11.3 Å². The summed E-state index contributed by atoms with van der Waals surface area (Å²) < 4.78 is 81.2. The molecule has 2 rings (SSSR count). The highest BCUT2D eigenvalue weighted by Gasteiger charge is 2.37. The van der Waals surface area contributed by atoms with Crippen LogP contribution in [0.5, 0.6) is 5.75 Å². The topological polar surface area (TPSA) is 64.1 Å². The summed E-state index contributed by atoms with van der Waals surface area (Å²) in [4.78, 5) is 11.7. The van der Waals surface area contributed by atoms with Gasteiger partial charge in [0.25, 0.3) is 5.91 Å². The van der Waals surface area contributed by atoms with Gasteiger partial charge in [0.1, 0.15) is 10.8 Å². The van der Waals surface area contributed by atoms with Crippen molar-refractivity contribution in [3.63, 3.8) is 0 Å². The molecule has 0 aliphatic carbocycles. The summed E-state index contributed by atoms with van der Waals surface area (Å²) in [5.74, 6) is -1.52. The molecule has 0 saturated carbocycles. The molecule has 0 saturated heterocycles. The zero-order valence-corrected chi connectivity index (χ0v) is 13.8. The van der Waals surface area contributed by atoms with Crippen LogP contribution in [0.2, 0.25) is 0 Å². The molecule has 5 nitrogen and oxygen atoms in total. The van der Waals surface area contributed by atoms with E-state index in [9.17, 15) is 31.1 Å². The van der Waals surface area contributed by atoms with E-state index >= 15 is 0 Å². The standard InChI is InChI=1S/C14H11F6N3O2S/c1-2-11-22-23-12(26-11)21-10(24)6-25-9-4-7(13(15,16)17)3-8(5-9)14(18,19)20/h3-5H,2,6H2,1H3,(H,21,23,24). The molecule has 12 heteroatoms. The molecule has 1 heterocycles. The molecule has 2 aromatic rings. The summed E-state index contributed by atoms with van der Waals surface area (Å²) in [5, 5.41) is 10.5. The maximum absolute atomic E-state index is 12.7. The molecule has 1 N–H and O–H groups in total. The van der Waals surface area contributed by atoms with Crippen LogP contribution in [0, 0.1) is 0 Å². The fourth-order valence-electron chi connectivity index (χ4n) is 1.76. The molecular formula is C14H11F6N3O2S. The quantitative estimate of drug-likeness (QED) is 0.767. The molecule has 0 aliphatic heterocycles. The molecule has 0 atom stereocenters. The Morgan fingerprint density at radius 1 is 1.08 bits per heavy atom. The Balaban J connectivity index is 2.11. The van der Waals surface area contributed by atoms with Gasteiger partial charge >= 0.3 is 12.4 Å². The second-order valence-corrected chi connectivity index (χ2v) is 6.00. The SMILES string of the molecule is CCc1nnc(NC(=O)COc2cc(C(F)(F)F)cc(C(F)(F)F)c2)s1. The van der Waals surface area contributed by atoms with Gasteiger partial charge in [0.15, 0.2) is 6.61 Å². The summed E-state index contributed by atoms with van der Waals surface area (Å²) >= 11 is 1.09. The number of hydrogen-bond donors (Lipinski definition) is 1. The number of alkyl halides is 6. The number of carbonyl (C=O) groups is 1. The van der Waals surface area contributed by atoms with E-state index in [1.165, 1.54) is 0 Å². The van der Waals surface area contributed by atoms with E-state index in [-0.39, 0.29) is 11.2 Å². The first-order valence-electron chi connectivity index (χ1n) is 7.03. The van der Waals surface area contributed by atoms with E-state index in [4.69, 9.17) is 4.74 Å². The fraction of sp³-hybridized carbons (Fsp3) is 0.357. The number of aryl methyl sites for hydroxylation is 1. The molecule has 1 aromatic heterocycles. The molecule has 0 fully saturated rings. The van der Waals surface area contributed by atoms with E-state index in [0.29, 0.717) is 23.6 Å². The number of rotatable bonds is 5. The number of hydrogen-bond acceptors (Lipinski definition) is 5. The first kappa shape index (κ1) is 19.9. The van der Waals surface area contributed by atoms with Gasteiger partial charge < -0.3 is 4.74 Å². The molecule has 0 aliphatic rings. The number of halogens is 6. The van der Waals surface area contributed by atoms with Crippen molar-refractivity contribution in [1.29, 1.82) is 0 Å². The predicted octanol–water partition coefficient (Wildman–Crippen LogP) is 4.16. The van der Waals surface area contributed by atoms with Gasteiger partial charge in [0.05, 0.1) is 11.1 Å². The van der Waals surface area contributed by atoms with Gasteiger partial charge in [0, 0.05) is 0 Å². The highest BCUT2D eigenvalue weighted by molar-refractivity contribution is 7.15. The van der Waals surface area contributed by atoms with Crippen LogP contribution in [0.4, 0.5) is 31.5 Å². The second kappa shape index (κ2) is 7.48. The minimum Gasteiger partial charge on any atom is -0.484 e. The Hall–Kier alpha value is -2.37. The lowest BCUT2D eigenvalue weighted by molar-refractivity contribution is -0.143. The number of carbonyl (C=O) groups excluding carboxylic acids is 1. The van der Waals surface area contributed by atoms with Crippen molar-refractivity contribution >= 4 is 22.4 Å². The molecule has 1 amide bonds. The number of nitrogens with one attached hydrogen (secondary N) is 1. The van der Waals surface area contributed by atoms with Crippen LogP contribution >= 0.6 is 11.3 Å². The van der Waals surface area contributed by atoms with E-state index in [1.807, 2.05) is 6.92 Å². The maximum Gasteiger partial charge on any atom is 0.416 e. The van der Waals surface area contributed by atoms with Crippen LogP contribution in [0.25, 0.3) is 0 Å². The molecule has 0 radical (unpaired) electrons. The molecule has 26 heavy (non-hydrogen) atoms. The van der Waals surface area contributed by atoms with Crippen LogP contribution in [-0.2, 0) is 23.6 Å². The highest BCUT2D eigenvalue weighted by atomic mass is 32.1. The zero-order valence-electron chi connectivity index (χ0n) is 13.0. The number of ether oxygens (including phenoxy) is 1. The van der Waals surface area contributed by atoms with Crippen molar-refractivity contribution in [2.75, 3.05) is 11.9 Å². The van der Waals surface area contributed by atoms with Gasteiger partial charge in [0.2, 0.25) is 5.13 Å². The zero-order chi connectivity index (χ0) is 19.5. The Labute approximate surface area is 147 Å². The van der Waals surface area contributed by atoms with Crippen LogP contribution < -0.4 is 10.1 Å². The summed E-state index contributed by atoms with van der Waals surface area (Å²) in [7, 11) is 0. The fourth-order valence-corrected chi connectivity index (χ4v) is 2.46. The first-order chi connectivity index (χ1) is 12.0. The van der Waals surface area contributed by atoms with Gasteiger partial charge in [-0.2, -0.15) is 26.3 Å². The summed E-state index contributed by atoms with van der Waals surface area (Å²) in [5.41, 5.74) is -3.06. The minimum atomic E-state index is -5.00. The van der Waals surface area contributed by atoms with Gasteiger partial charge in [-0.25, -0.2) is 0 Å². The molecule has 0 unspecified atom stereocenters. The number of benzene rings is 1. The number of anilines is 1. The summed E-state index contributed by atoms with van der Waals surface area (Å²) in [6, 6.07) is 0.756. The first-order valence-corrected chi connectivity index (χ1v) is 7.85. The third-order valence-corrected chi connectivity index (χ3v) is 3.93. The number of nitrogens with zero attached hydrogens (tertiary/aromatic N) is 2. The smallest absolute Gasteiger partial charge is 0.416 e. The molecule has 0 bridgehead atoms. The summed E-state index contributed by atoms with van der Waals surface area (Å²) in [6.45, 7) is 1.03. The maximum atomic E-state index is 12.7. The van der Waals surface area contributed by atoms with E-state index in [2.05, 4.69) is 15.5 Å². The van der Waals surface area contributed by atoms with Crippen molar-refractivity contribution in [3.05, 3.63) is 34.3 Å². The Morgan fingerprint density at radius 3 is 2.12 bits per heavy atom. The van der Waals surface area contributed by atoms with Crippen LogP contribution in [-0.4, -0.2) is 22.7 Å². The average molecular weight is 399 g/mol. The third kappa shape index (κ3) is 5.31. The Kier molecular flexibility index (Phi) is 5.74. The molecule has 1 aromatic carbocycles. The lowest BCUT2D eigenvalue weighted by Gasteiger charge is -2.14. The predicted molar refractivity (Wildman–Crippen MR) is 79.9 cm³/mol.